The van der Waals surface area contributed by atoms with Crippen LogP contribution in [-0.2, 0) is 0 Å². The maximum atomic E-state index is 5.46. The zero-order valence-corrected chi connectivity index (χ0v) is 12.7. The number of rotatable bonds is 3. The van der Waals surface area contributed by atoms with Crippen LogP contribution in [0.5, 0.6) is 0 Å². The molecule has 1 N–H and O–H groups in total. The molecule has 1 heterocycles. The lowest BCUT2D eigenvalue weighted by Gasteiger charge is -2.29. The average Bonchev–Trinajstić information content (AvgIpc) is 2.90. The van der Waals surface area contributed by atoms with Gasteiger partial charge in [0.15, 0.2) is 10.6 Å². The fourth-order valence-corrected chi connectivity index (χ4v) is 3.60. The van der Waals surface area contributed by atoms with Crippen LogP contribution in [0, 0.1) is 10.7 Å². The van der Waals surface area contributed by atoms with Crippen LogP contribution in [0.1, 0.15) is 45.1 Å². The van der Waals surface area contributed by atoms with E-state index in [4.69, 9.17) is 12.2 Å². The molecule has 0 amide bonds. The molecule has 1 saturated carbocycles. The summed E-state index contributed by atoms with van der Waals surface area (Å²) in [6.07, 6.45) is 6.69. The number of H-pyrrole nitrogens is 1. The molecule has 20 heavy (non-hydrogen) atoms. The molecule has 0 aliphatic heterocycles. The second kappa shape index (κ2) is 5.92. The van der Waals surface area contributed by atoms with Crippen LogP contribution in [-0.4, -0.2) is 14.8 Å². The second-order valence-corrected chi connectivity index (χ2v) is 6.11. The van der Waals surface area contributed by atoms with Crippen molar-refractivity contribution in [1.82, 2.24) is 14.8 Å². The molecule has 3 nitrogen and oxygen atoms in total. The van der Waals surface area contributed by atoms with Crippen molar-refractivity contribution in [2.24, 2.45) is 5.92 Å². The second-order valence-electron chi connectivity index (χ2n) is 5.73. The topological polar surface area (TPSA) is 33.6 Å². The van der Waals surface area contributed by atoms with E-state index in [0.717, 1.165) is 22.1 Å². The van der Waals surface area contributed by atoms with Gasteiger partial charge in [-0.15, -0.1) is 0 Å². The van der Waals surface area contributed by atoms with Gasteiger partial charge in [0.25, 0.3) is 0 Å². The van der Waals surface area contributed by atoms with Crippen molar-refractivity contribution in [2.45, 2.75) is 45.1 Å². The summed E-state index contributed by atoms with van der Waals surface area (Å²) in [6, 6.07) is 10.7. The number of benzene rings is 1. The van der Waals surface area contributed by atoms with E-state index in [2.05, 4.69) is 33.8 Å². The van der Waals surface area contributed by atoms with Gasteiger partial charge in [-0.1, -0.05) is 49.6 Å². The van der Waals surface area contributed by atoms with E-state index in [1.54, 1.807) is 0 Å². The van der Waals surface area contributed by atoms with Gasteiger partial charge in [0.1, 0.15) is 0 Å². The largest absolute Gasteiger partial charge is 0.297 e. The maximum Gasteiger partial charge on any atom is 0.195 e. The van der Waals surface area contributed by atoms with Gasteiger partial charge in [-0.3, -0.25) is 9.67 Å². The number of aromatic nitrogens is 3. The third-order valence-electron chi connectivity index (χ3n) is 4.48. The van der Waals surface area contributed by atoms with Gasteiger partial charge in [0.2, 0.25) is 0 Å². The summed E-state index contributed by atoms with van der Waals surface area (Å²) in [4.78, 5) is 0. The minimum absolute atomic E-state index is 0.414. The van der Waals surface area contributed by atoms with Crippen molar-refractivity contribution in [3.63, 3.8) is 0 Å². The molecular formula is C16H21N3S. The first-order valence-electron chi connectivity index (χ1n) is 7.49. The summed E-state index contributed by atoms with van der Waals surface area (Å²) in [6.45, 7) is 2.29. The maximum absolute atomic E-state index is 5.46. The molecule has 0 saturated heterocycles. The summed E-state index contributed by atoms with van der Waals surface area (Å²) >= 11 is 5.46. The highest BCUT2D eigenvalue weighted by molar-refractivity contribution is 7.71. The number of hydrogen-bond acceptors (Lipinski definition) is 2. The van der Waals surface area contributed by atoms with E-state index >= 15 is 0 Å². The minimum Gasteiger partial charge on any atom is -0.297 e. The SMILES string of the molecule is CC(C1CCCCC1)n1c(-c2ccccc2)n[nH]c1=S. The lowest BCUT2D eigenvalue weighted by molar-refractivity contribution is 0.263. The van der Waals surface area contributed by atoms with Gasteiger partial charge in [-0.2, -0.15) is 5.10 Å². The zero-order valence-electron chi connectivity index (χ0n) is 11.9. The van der Waals surface area contributed by atoms with Gasteiger partial charge >= 0.3 is 0 Å². The highest BCUT2D eigenvalue weighted by Gasteiger charge is 2.24. The third-order valence-corrected chi connectivity index (χ3v) is 4.76. The van der Waals surface area contributed by atoms with Gasteiger partial charge in [-0.05, 0) is 37.9 Å². The van der Waals surface area contributed by atoms with Gasteiger partial charge in [0.05, 0.1) is 0 Å². The first-order valence-corrected chi connectivity index (χ1v) is 7.90. The predicted octanol–water partition coefficient (Wildman–Crippen LogP) is 4.75. The fraction of sp³-hybridized carbons (Fsp3) is 0.500. The molecule has 1 unspecified atom stereocenters. The Morgan fingerprint density at radius 1 is 1.20 bits per heavy atom. The van der Waals surface area contributed by atoms with E-state index in [0.29, 0.717) is 6.04 Å². The molecule has 1 aliphatic rings. The van der Waals surface area contributed by atoms with Crippen LogP contribution < -0.4 is 0 Å². The van der Waals surface area contributed by atoms with Crippen LogP contribution in [0.4, 0.5) is 0 Å². The molecule has 1 atom stereocenters. The molecule has 1 aliphatic carbocycles. The van der Waals surface area contributed by atoms with E-state index in [9.17, 15) is 0 Å². The van der Waals surface area contributed by atoms with Crippen LogP contribution in [0.2, 0.25) is 0 Å². The number of nitrogens with one attached hydrogen (secondary N) is 1. The lowest BCUT2D eigenvalue weighted by atomic mass is 9.84. The average molecular weight is 287 g/mol. The lowest BCUT2D eigenvalue weighted by Crippen LogP contribution is -2.20. The standard InChI is InChI=1S/C16H21N3S/c1-12(13-8-4-2-5-9-13)19-15(17-18-16(19)20)14-10-6-3-7-11-14/h3,6-7,10-13H,2,4-5,8-9H2,1H3,(H,18,20). The summed E-state index contributed by atoms with van der Waals surface area (Å²) in [5.41, 5.74) is 1.13. The number of aromatic amines is 1. The summed E-state index contributed by atoms with van der Waals surface area (Å²) < 4.78 is 2.95. The monoisotopic (exact) mass is 287 g/mol. The van der Waals surface area contributed by atoms with Crippen molar-refractivity contribution >= 4 is 12.2 Å². The fourth-order valence-electron chi connectivity index (χ4n) is 3.30. The first-order chi connectivity index (χ1) is 9.77. The number of nitrogens with zero attached hydrogens (tertiary/aromatic N) is 2. The van der Waals surface area contributed by atoms with E-state index in [-0.39, 0.29) is 0 Å². The van der Waals surface area contributed by atoms with Gasteiger partial charge in [-0.25, -0.2) is 0 Å². The Kier molecular flexibility index (Phi) is 4.01. The van der Waals surface area contributed by atoms with Crippen molar-refractivity contribution in [2.75, 3.05) is 0 Å². The molecule has 0 radical (unpaired) electrons. The van der Waals surface area contributed by atoms with Gasteiger partial charge < -0.3 is 0 Å². The van der Waals surface area contributed by atoms with Crippen LogP contribution >= 0.6 is 12.2 Å². The Bertz CT molecular complexity index is 608. The molecule has 0 bridgehead atoms. The summed E-state index contributed by atoms with van der Waals surface area (Å²) in [5.74, 6) is 1.68. The molecular weight excluding hydrogens is 266 g/mol. The van der Waals surface area contributed by atoms with Crippen LogP contribution in [0.15, 0.2) is 30.3 Å². The van der Waals surface area contributed by atoms with E-state index in [1.165, 1.54) is 32.1 Å². The predicted molar refractivity (Wildman–Crippen MR) is 84.1 cm³/mol. The van der Waals surface area contributed by atoms with E-state index < -0.39 is 0 Å². The molecule has 1 aromatic carbocycles. The molecule has 4 heteroatoms. The van der Waals surface area contributed by atoms with Crippen molar-refractivity contribution < 1.29 is 0 Å². The van der Waals surface area contributed by atoms with Crippen molar-refractivity contribution in [3.8, 4) is 11.4 Å². The third kappa shape index (κ3) is 2.57. The minimum atomic E-state index is 0.414. The molecule has 106 valence electrons. The molecule has 0 spiro atoms. The Labute approximate surface area is 125 Å². The molecule has 1 aromatic heterocycles. The zero-order chi connectivity index (χ0) is 13.9. The smallest absolute Gasteiger partial charge is 0.195 e. The highest BCUT2D eigenvalue weighted by atomic mass is 32.1. The highest BCUT2D eigenvalue weighted by Crippen LogP contribution is 2.34. The number of hydrogen-bond donors (Lipinski definition) is 1. The summed E-state index contributed by atoms with van der Waals surface area (Å²) in [7, 11) is 0. The van der Waals surface area contributed by atoms with Gasteiger partial charge in [0, 0.05) is 11.6 Å². The Morgan fingerprint density at radius 2 is 1.90 bits per heavy atom. The van der Waals surface area contributed by atoms with Crippen LogP contribution in [0.3, 0.4) is 0 Å². The van der Waals surface area contributed by atoms with Crippen LogP contribution in [0.25, 0.3) is 11.4 Å². The van der Waals surface area contributed by atoms with Crippen molar-refractivity contribution in [3.05, 3.63) is 35.1 Å². The van der Waals surface area contributed by atoms with E-state index in [1.807, 2.05) is 18.2 Å². The van der Waals surface area contributed by atoms with Crippen molar-refractivity contribution in [1.29, 1.82) is 0 Å². The Balaban J connectivity index is 1.96. The molecule has 2 aromatic rings. The Morgan fingerprint density at radius 3 is 2.60 bits per heavy atom. The molecule has 3 rings (SSSR count). The quantitative estimate of drug-likeness (QED) is 0.827. The first kappa shape index (κ1) is 13.6. The normalized spacial score (nSPS) is 18.1. The molecule has 1 fully saturated rings. The Hall–Kier alpha value is -1.42. The summed E-state index contributed by atoms with van der Waals surface area (Å²) in [5, 5.41) is 7.42.